The van der Waals surface area contributed by atoms with Gasteiger partial charge in [0.1, 0.15) is 0 Å². The van der Waals surface area contributed by atoms with Gasteiger partial charge in [0, 0.05) is 0 Å². The molecule has 4 nitrogen and oxygen atoms in total. The van der Waals surface area contributed by atoms with Crippen LogP contribution in [0.3, 0.4) is 0 Å². The normalized spacial score (nSPS) is 14.3. The number of hydrogen-bond donors (Lipinski definition) is 0. The Hall–Kier alpha value is 1.06. The van der Waals surface area contributed by atoms with Gasteiger partial charge < -0.3 is 18.1 Å². The molecule has 0 N–H and O–H groups in total. The Morgan fingerprint density at radius 1 is 0.611 bits per heavy atom. The molecule has 0 aromatic rings. The minimum absolute atomic E-state index is 0. The van der Waals surface area contributed by atoms with Gasteiger partial charge >= 0.3 is 38.6 Å². The molecule has 0 rings (SSSR count). The van der Waals surface area contributed by atoms with E-state index in [-0.39, 0.29) is 29.6 Å². The van der Waals surface area contributed by atoms with Crippen LogP contribution < -0.4 is 34.4 Å². The zero-order valence-electron chi connectivity index (χ0n) is 13.6. The second-order valence-electron chi connectivity index (χ2n) is 7.14. The average molecular weight is 286 g/mol. The molecule has 0 aliphatic rings. The Balaban J connectivity index is 0. The van der Waals surface area contributed by atoms with E-state index in [0.717, 1.165) is 0 Å². The van der Waals surface area contributed by atoms with E-state index in [2.05, 4.69) is 0 Å². The van der Waals surface area contributed by atoms with Crippen molar-refractivity contribution < 1.29 is 47.6 Å². The van der Waals surface area contributed by atoms with E-state index in [9.17, 15) is 4.80 Å². The van der Waals surface area contributed by atoms with Crippen LogP contribution >= 0.6 is 0 Å². The van der Waals surface area contributed by atoms with Crippen LogP contribution in [0.5, 0.6) is 0 Å². The fourth-order valence-corrected chi connectivity index (χ4v) is 3.56. The van der Waals surface area contributed by atoms with E-state index in [1.54, 1.807) is 0 Å². The smallest absolute Gasteiger partial charge is 0.793 e. The third-order valence-electron chi connectivity index (χ3n) is 1.29. The molecule has 6 heteroatoms. The molecular formula is C12H27NaO4Si. The van der Waals surface area contributed by atoms with E-state index in [1.807, 2.05) is 62.3 Å². The molecule has 0 saturated carbocycles. The average Bonchev–Trinajstić information content (AvgIpc) is 1.65. The van der Waals surface area contributed by atoms with Crippen LogP contribution in [0, 0.1) is 0 Å². The molecule has 18 heavy (non-hydrogen) atoms. The van der Waals surface area contributed by atoms with Crippen LogP contribution in [0.1, 0.15) is 62.3 Å². The largest absolute Gasteiger partial charge is 1.00 e. The summed E-state index contributed by atoms with van der Waals surface area (Å²) in [7, 11) is -3.91. The molecule has 0 heterocycles. The summed E-state index contributed by atoms with van der Waals surface area (Å²) in [5.74, 6) is 0. The monoisotopic (exact) mass is 286 g/mol. The van der Waals surface area contributed by atoms with Gasteiger partial charge in [-0.25, -0.2) is 0 Å². The summed E-state index contributed by atoms with van der Waals surface area (Å²) in [4.78, 5) is 12.6. The van der Waals surface area contributed by atoms with Gasteiger partial charge in [0.2, 0.25) is 0 Å². The molecule has 0 spiro atoms. The first-order valence-electron chi connectivity index (χ1n) is 5.93. The van der Waals surface area contributed by atoms with Gasteiger partial charge in [0.15, 0.2) is 0 Å². The van der Waals surface area contributed by atoms with Crippen LogP contribution in [0.2, 0.25) is 0 Å². The van der Waals surface area contributed by atoms with Crippen molar-refractivity contribution in [3.8, 4) is 0 Å². The summed E-state index contributed by atoms with van der Waals surface area (Å²) in [5, 5.41) is 0. The van der Waals surface area contributed by atoms with Crippen LogP contribution in [-0.2, 0) is 13.3 Å². The SMILES string of the molecule is CC(C)(C)O[Si]([O-])(OC(C)(C)C)OC(C)(C)C.[Na+]. The zero-order chi connectivity index (χ0) is 14.1. The van der Waals surface area contributed by atoms with Gasteiger partial charge in [0.05, 0.1) is 16.8 Å². The van der Waals surface area contributed by atoms with Gasteiger partial charge in [-0.15, -0.1) is 0 Å². The van der Waals surface area contributed by atoms with Crippen molar-refractivity contribution in [2.75, 3.05) is 0 Å². The summed E-state index contributed by atoms with van der Waals surface area (Å²) in [5.41, 5.74) is -1.74. The fourth-order valence-electron chi connectivity index (χ4n) is 1.19. The van der Waals surface area contributed by atoms with Gasteiger partial charge in [-0.05, 0) is 62.3 Å². The van der Waals surface area contributed by atoms with Gasteiger partial charge in [0.25, 0.3) is 0 Å². The summed E-state index contributed by atoms with van der Waals surface area (Å²) >= 11 is 0. The van der Waals surface area contributed by atoms with Crippen LogP contribution in [-0.4, -0.2) is 25.9 Å². The van der Waals surface area contributed by atoms with Crippen molar-refractivity contribution >= 4 is 9.05 Å². The summed E-state index contributed by atoms with van der Waals surface area (Å²) in [6.07, 6.45) is 0. The Morgan fingerprint density at radius 3 is 0.889 bits per heavy atom. The molecule has 0 amide bonds. The van der Waals surface area contributed by atoms with E-state index < -0.39 is 25.9 Å². The predicted molar refractivity (Wildman–Crippen MR) is 68.3 cm³/mol. The first-order valence-corrected chi connectivity index (χ1v) is 7.56. The summed E-state index contributed by atoms with van der Waals surface area (Å²) in [6, 6.07) is 0. The first-order chi connectivity index (χ1) is 7.12. The van der Waals surface area contributed by atoms with Crippen molar-refractivity contribution in [3.63, 3.8) is 0 Å². The molecule has 104 valence electrons. The molecule has 0 bridgehead atoms. The van der Waals surface area contributed by atoms with Crippen molar-refractivity contribution in [3.05, 3.63) is 0 Å². The van der Waals surface area contributed by atoms with Crippen molar-refractivity contribution in [1.29, 1.82) is 0 Å². The molecule has 0 atom stereocenters. The number of hydrogen-bond acceptors (Lipinski definition) is 4. The predicted octanol–water partition coefficient (Wildman–Crippen LogP) is -0.768. The Morgan fingerprint density at radius 2 is 0.778 bits per heavy atom. The molecule has 0 aromatic carbocycles. The molecule has 0 aromatic heterocycles. The Labute approximate surface area is 135 Å². The van der Waals surface area contributed by atoms with Crippen LogP contribution in [0.4, 0.5) is 0 Å². The maximum Gasteiger partial charge on any atom is 1.00 e. The molecule has 0 saturated heterocycles. The summed E-state index contributed by atoms with van der Waals surface area (Å²) in [6.45, 7) is 16.4. The minimum atomic E-state index is -3.91. The Kier molecular flexibility index (Phi) is 7.92. The second-order valence-corrected chi connectivity index (χ2v) is 8.76. The molecule has 0 aliphatic carbocycles. The van der Waals surface area contributed by atoms with Crippen molar-refractivity contribution in [2.24, 2.45) is 0 Å². The maximum absolute atomic E-state index is 12.6. The fraction of sp³-hybridized carbons (Fsp3) is 1.00. The van der Waals surface area contributed by atoms with E-state index in [0.29, 0.717) is 0 Å². The summed E-state index contributed by atoms with van der Waals surface area (Å²) < 4.78 is 16.5. The van der Waals surface area contributed by atoms with Crippen LogP contribution in [0.15, 0.2) is 0 Å². The first kappa shape index (κ1) is 21.4. The molecule has 0 fully saturated rings. The number of rotatable bonds is 3. The standard InChI is InChI=1S/C12H27O4Si.Na/c1-10(2,3)14-17(13,15-11(4,5)6)16-12(7,8)9;/h1-9H3;/q-1;+1. The van der Waals surface area contributed by atoms with Crippen molar-refractivity contribution in [1.82, 2.24) is 0 Å². The minimum Gasteiger partial charge on any atom is -0.793 e. The molecular weight excluding hydrogens is 259 g/mol. The second kappa shape index (κ2) is 6.67. The van der Waals surface area contributed by atoms with Gasteiger partial charge in [-0.2, -0.15) is 0 Å². The van der Waals surface area contributed by atoms with Crippen molar-refractivity contribution in [2.45, 2.75) is 79.1 Å². The third-order valence-corrected chi connectivity index (χ3v) is 3.88. The third kappa shape index (κ3) is 12.1. The Bertz CT molecular complexity index is 209. The maximum atomic E-state index is 12.6. The topological polar surface area (TPSA) is 50.8 Å². The van der Waals surface area contributed by atoms with Gasteiger partial charge in [-0.3, -0.25) is 0 Å². The molecule has 0 aliphatic heterocycles. The van der Waals surface area contributed by atoms with E-state index in [4.69, 9.17) is 13.3 Å². The van der Waals surface area contributed by atoms with E-state index in [1.165, 1.54) is 0 Å². The molecule has 0 unspecified atom stereocenters. The van der Waals surface area contributed by atoms with Crippen LogP contribution in [0.25, 0.3) is 0 Å². The quantitative estimate of drug-likeness (QED) is 0.640. The zero-order valence-corrected chi connectivity index (χ0v) is 16.6. The van der Waals surface area contributed by atoms with E-state index >= 15 is 0 Å². The van der Waals surface area contributed by atoms with Gasteiger partial charge in [-0.1, -0.05) is 0 Å². The molecule has 0 radical (unpaired) electrons.